The second-order valence-corrected chi connectivity index (χ2v) is 2.22. The van der Waals surface area contributed by atoms with Crippen molar-refractivity contribution >= 4 is 11.6 Å². The zero-order valence-corrected chi connectivity index (χ0v) is 6.59. The predicted molar refractivity (Wildman–Crippen MR) is 40.5 cm³/mol. The van der Waals surface area contributed by atoms with Crippen molar-refractivity contribution in [2.45, 2.75) is 0 Å². The van der Waals surface area contributed by atoms with Gasteiger partial charge in [0.05, 0.1) is 18.3 Å². The van der Waals surface area contributed by atoms with Crippen LogP contribution in [-0.2, 0) is 0 Å². The minimum absolute atomic E-state index is 0.288. The molecule has 0 atom stereocenters. The second kappa shape index (κ2) is 3.22. The summed E-state index contributed by atoms with van der Waals surface area (Å²) in [4.78, 5) is 3.76. The van der Waals surface area contributed by atoms with Crippen LogP contribution in [0.25, 0.3) is 0 Å². The molecule has 0 aliphatic heterocycles. The summed E-state index contributed by atoms with van der Waals surface area (Å²) in [5.41, 5.74) is 0.288. The lowest BCUT2D eigenvalue weighted by Crippen LogP contribution is -1.87. The number of pyridine rings is 1. The van der Waals surface area contributed by atoms with Crippen LogP contribution in [0, 0.1) is 11.3 Å². The number of hydrogen-bond acceptors (Lipinski definition) is 3. The van der Waals surface area contributed by atoms with Gasteiger partial charge in [-0.25, -0.2) is 4.98 Å². The zero-order chi connectivity index (χ0) is 8.27. The molecule has 1 aromatic heterocycles. The van der Waals surface area contributed by atoms with Crippen molar-refractivity contribution in [3.63, 3.8) is 0 Å². The second-order valence-electron chi connectivity index (χ2n) is 1.82. The van der Waals surface area contributed by atoms with E-state index in [9.17, 15) is 0 Å². The molecule has 0 N–H and O–H groups in total. The molecule has 1 aromatic rings. The van der Waals surface area contributed by atoms with Crippen LogP contribution in [0.5, 0.6) is 5.75 Å². The van der Waals surface area contributed by atoms with Gasteiger partial charge in [0, 0.05) is 0 Å². The molecular weight excluding hydrogens is 164 g/mol. The van der Waals surface area contributed by atoms with Crippen LogP contribution in [0.4, 0.5) is 0 Å². The van der Waals surface area contributed by atoms with Crippen LogP contribution in [0.3, 0.4) is 0 Å². The summed E-state index contributed by atoms with van der Waals surface area (Å²) >= 11 is 5.69. The fourth-order valence-electron chi connectivity index (χ4n) is 0.630. The van der Waals surface area contributed by atoms with Gasteiger partial charge >= 0.3 is 0 Å². The van der Waals surface area contributed by atoms with E-state index in [1.807, 2.05) is 6.07 Å². The van der Waals surface area contributed by atoms with Gasteiger partial charge in [0.15, 0.2) is 5.75 Å². The topological polar surface area (TPSA) is 45.9 Å². The fraction of sp³-hybridized carbons (Fsp3) is 0.143. The van der Waals surface area contributed by atoms with Crippen LogP contribution in [-0.4, -0.2) is 12.1 Å². The largest absolute Gasteiger partial charge is 0.494 e. The molecule has 0 spiro atoms. The summed E-state index contributed by atoms with van der Waals surface area (Å²) in [6, 6.07) is 3.33. The Hall–Kier alpha value is -1.27. The smallest absolute Gasteiger partial charge is 0.155 e. The Morgan fingerprint density at radius 1 is 1.73 bits per heavy atom. The van der Waals surface area contributed by atoms with Crippen molar-refractivity contribution in [3.05, 3.63) is 23.0 Å². The number of halogens is 1. The first-order chi connectivity index (χ1) is 5.27. The molecule has 0 unspecified atom stereocenters. The molecule has 0 amide bonds. The minimum Gasteiger partial charge on any atom is -0.494 e. The summed E-state index contributed by atoms with van der Waals surface area (Å²) < 4.78 is 4.84. The molecule has 0 radical (unpaired) electrons. The molecular formula is C7H5ClN2O. The van der Waals surface area contributed by atoms with Crippen molar-refractivity contribution < 1.29 is 4.74 Å². The molecule has 0 saturated carbocycles. The normalized spacial score (nSPS) is 8.82. The molecule has 3 nitrogen and oxygen atoms in total. The first-order valence-corrected chi connectivity index (χ1v) is 3.25. The van der Waals surface area contributed by atoms with Gasteiger partial charge in [-0.3, -0.25) is 0 Å². The molecule has 4 heteroatoms. The van der Waals surface area contributed by atoms with E-state index in [1.165, 1.54) is 19.4 Å². The van der Waals surface area contributed by atoms with Crippen molar-refractivity contribution in [1.29, 1.82) is 5.26 Å². The van der Waals surface area contributed by atoms with Gasteiger partial charge in [-0.1, -0.05) is 11.6 Å². The number of ether oxygens (including phenoxy) is 1. The first-order valence-electron chi connectivity index (χ1n) is 2.87. The van der Waals surface area contributed by atoms with E-state index in [2.05, 4.69) is 4.98 Å². The average molecular weight is 169 g/mol. The summed E-state index contributed by atoms with van der Waals surface area (Å²) in [6.45, 7) is 0. The highest BCUT2D eigenvalue weighted by Gasteiger charge is 2.00. The molecule has 0 saturated heterocycles. The fourth-order valence-corrected chi connectivity index (χ4v) is 0.859. The third-order valence-electron chi connectivity index (χ3n) is 1.15. The van der Waals surface area contributed by atoms with Gasteiger partial charge < -0.3 is 4.74 Å². The quantitative estimate of drug-likeness (QED) is 0.640. The van der Waals surface area contributed by atoms with Gasteiger partial charge in [0.1, 0.15) is 11.8 Å². The van der Waals surface area contributed by atoms with Crippen LogP contribution in [0.2, 0.25) is 5.02 Å². The number of methoxy groups -OCH3 is 1. The van der Waals surface area contributed by atoms with Crippen molar-refractivity contribution in [2.24, 2.45) is 0 Å². The van der Waals surface area contributed by atoms with Gasteiger partial charge in [-0.15, -0.1) is 0 Å². The lowest BCUT2D eigenvalue weighted by atomic mass is 10.3. The van der Waals surface area contributed by atoms with E-state index < -0.39 is 0 Å². The summed E-state index contributed by atoms with van der Waals surface area (Å²) in [7, 11) is 1.49. The molecule has 11 heavy (non-hydrogen) atoms. The highest BCUT2D eigenvalue weighted by Crippen LogP contribution is 2.22. The predicted octanol–water partition coefficient (Wildman–Crippen LogP) is 1.62. The van der Waals surface area contributed by atoms with Crippen molar-refractivity contribution in [3.8, 4) is 11.8 Å². The summed E-state index contributed by atoms with van der Waals surface area (Å²) in [5, 5.41) is 8.82. The van der Waals surface area contributed by atoms with Crippen LogP contribution in [0.15, 0.2) is 12.3 Å². The Morgan fingerprint density at radius 3 is 2.91 bits per heavy atom. The highest BCUT2D eigenvalue weighted by atomic mass is 35.5. The summed E-state index contributed by atoms with van der Waals surface area (Å²) in [6.07, 6.45) is 1.42. The maximum absolute atomic E-state index is 8.41. The monoisotopic (exact) mass is 168 g/mol. The number of rotatable bonds is 1. The number of aromatic nitrogens is 1. The first kappa shape index (κ1) is 7.83. The Labute approximate surface area is 69.2 Å². The van der Waals surface area contributed by atoms with E-state index >= 15 is 0 Å². The zero-order valence-electron chi connectivity index (χ0n) is 5.84. The average Bonchev–Trinajstić information content (AvgIpc) is 2.04. The van der Waals surface area contributed by atoms with Crippen molar-refractivity contribution in [2.75, 3.05) is 7.11 Å². The highest BCUT2D eigenvalue weighted by molar-refractivity contribution is 6.32. The van der Waals surface area contributed by atoms with E-state index in [1.54, 1.807) is 0 Å². The maximum atomic E-state index is 8.41. The van der Waals surface area contributed by atoms with Crippen LogP contribution >= 0.6 is 11.6 Å². The molecule has 0 aromatic carbocycles. The summed E-state index contributed by atoms with van der Waals surface area (Å²) in [5.74, 6) is 0.477. The van der Waals surface area contributed by atoms with Gasteiger partial charge in [-0.2, -0.15) is 5.26 Å². The van der Waals surface area contributed by atoms with Gasteiger partial charge in [0.25, 0.3) is 0 Å². The molecule has 0 aliphatic carbocycles. The third-order valence-corrected chi connectivity index (χ3v) is 1.45. The molecule has 0 fully saturated rings. The number of nitrogens with zero attached hydrogens (tertiary/aromatic N) is 2. The van der Waals surface area contributed by atoms with Crippen molar-refractivity contribution in [1.82, 2.24) is 4.98 Å². The SMILES string of the molecule is COc1cnc(C#N)cc1Cl. The Kier molecular flexibility index (Phi) is 2.29. The Balaban J connectivity index is 3.12. The van der Waals surface area contributed by atoms with Gasteiger partial charge in [-0.05, 0) is 6.07 Å². The van der Waals surface area contributed by atoms with Crippen LogP contribution in [0.1, 0.15) is 5.69 Å². The lowest BCUT2D eigenvalue weighted by molar-refractivity contribution is 0.413. The van der Waals surface area contributed by atoms with E-state index in [-0.39, 0.29) is 5.69 Å². The minimum atomic E-state index is 0.288. The maximum Gasteiger partial charge on any atom is 0.155 e. The molecule has 1 heterocycles. The van der Waals surface area contributed by atoms with E-state index in [0.717, 1.165) is 0 Å². The Bertz CT molecular complexity index is 306. The molecule has 56 valence electrons. The lowest BCUT2D eigenvalue weighted by Gasteiger charge is -1.99. The molecule has 0 aliphatic rings. The van der Waals surface area contributed by atoms with E-state index in [4.69, 9.17) is 21.6 Å². The van der Waals surface area contributed by atoms with Crippen LogP contribution < -0.4 is 4.74 Å². The van der Waals surface area contributed by atoms with E-state index in [0.29, 0.717) is 10.8 Å². The Morgan fingerprint density at radius 2 is 2.45 bits per heavy atom. The molecule has 1 rings (SSSR count). The number of hydrogen-bond donors (Lipinski definition) is 0. The standard InChI is InChI=1S/C7H5ClN2O/c1-11-7-4-10-5(3-9)2-6(7)8/h2,4H,1H3. The number of nitriles is 1. The van der Waals surface area contributed by atoms with Gasteiger partial charge in [0.2, 0.25) is 0 Å². The molecule has 0 bridgehead atoms. The third kappa shape index (κ3) is 1.60.